The normalized spacial score (nSPS) is 54.1. The molecule has 7 aliphatic heterocycles. The third kappa shape index (κ3) is 13.4. The number of rotatable bonds is 20. The third-order valence-corrected chi connectivity index (χ3v) is 22.8. The predicted molar refractivity (Wildman–Crippen MR) is 305 cm³/mol. The van der Waals surface area contributed by atoms with E-state index in [0.29, 0.717) is 44.9 Å². The number of aliphatic hydroxyl groups is 19. The fourth-order valence-corrected chi connectivity index (χ4v) is 17.1. The van der Waals surface area contributed by atoms with E-state index in [2.05, 4.69) is 13.0 Å². The van der Waals surface area contributed by atoms with E-state index in [1.165, 1.54) is 0 Å². The number of ketones is 1. The molecule has 11 aliphatic rings. The smallest absolute Gasteiger partial charge is 0.187 e. The molecule has 10 fully saturated rings. The van der Waals surface area contributed by atoms with Crippen LogP contribution >= 0.6 is 0 Å². The lowest BCUT2D eigenvalue weighted by Gasteiger charge is -2.57. The maximum Gasteiger partial charge on any atom is 0.187 e. The average Bonchev–Trinajstić information content (AvgIpc) is 1.48. The first-order valence-corrected chi connectivity index (χ1v) is 32.9. The molecule has 4 aliphatic carbocycles. The standard InChI is InChI=1S/C61H98O33/c1-21(18-82-53-46(78)42(74)39(71)31(14-62)86-53)7-10-61(81)22(2)36-30(94-61)12-27-25-6-5-23-11-24(8-9-59(23,3)26(25)13-35(68)60(27,36)4)85-56-47(79)43(75)49(34(17-65)89-56)90-58-52(51(41(73)33(16-64)88-58)92-55-45(77)38(70)29(67)20-84-55)93-57-48(80)50(40(72)32(15-63)87-57)91-54-44(76)37(69)28(66)19-83-54/h5,21-22,24-34,36-58,62-67,69-81H,6-20H2,1-4H3/t21-,22+,24+,25-,26+,27+,28-,29-,30+,31-,32-,33-,34-,36+,37+,38+,39-,40-,41-,42+,43-,44-,45-,46-,47-,48-,49+,50+,51+,52-,53-,54+,55+,56-,57+,58+,59+,60-,61?/m1/s1. The second-order valence-corrected chi connectivity index (χ2v) is 28.4. The molecule has 0 aromatic heterocycles. The lowest BCUT2D eigenvalue weighted by Crippen LogP contribution is -2.69. The number of fused-ring (bicyclic) bond motifs is 7. The number of carbonyl (C=O) groups excluding carboxylic acids is 1. The van der Waals surface area contributed by atoms with Crippen molar-refractivity contribution >= 4 is 5.78 Å². The van der Waals surface area contributed by atoms with Gasteiger partial charge in [-0.2, -0.15) is 0 Å². The van der Waals surface area contributed by atoms with Crippen molar-refractivity contribution in [1.82, 2.24) is 0 Å². The van der Waals surface area contributed by atoms with Gasteiger partial charge in [0.2, 0.25) is 0 Å². The fraction of sp³-hybridized carbons (Fsp3) is 0.951. The highest BCUT2D eigenvalue weighted by molar-refractivity contribution is 5.87. The van der Waals surface area contributed by atoms with Crippen LogP contribution in [0.4, 0.5) is 0 Å². The summed E-state index contributed by atoms with van der Waals surface area (Å²) in [6.45, 7) is 3.48. The van der Waals surface area contributed by atoms with Gasteiger partial charge in [-0.15, -0.1) is 0 Å². The SMILES string of the molecule is C[C@H](CCC1(O)O[C@H]2C[C@H]3[C@@H]4CC=C5C[C@@H](O[C@@H]6O[C@H](CO)[C@H](O[C@@H]7O[C@H](CO)[C@@H](O)[C@H](O[C@@H]8OC[C@@H](O)[C@H](O)[C@H]8O)[C@H]7O[C@@H]7O[C@H](CO)[C@@H](O)[C@H](O[C@@H]8OC[C@@H](O)[C@H](O)[C@H]8O)[C@H]7O)[C@H](O)[C@H]6O)CC[C@]5(C)[C@H]4CC(=O)[C@]3(C)[C@H]2[C@@H]1C)CO[C@@H]1O[C@H](CO)[C@@H](O)[C@H](O)[C@H]1O. The molecule has 39 atom stereocenters. The van der Waals surface area contributed by atoms with Gasteiger partial charge in [0.1, 0.15) is 140 Å². The van der Waals surface area contributed by atoms with Gasteiger partial charge in [-0.3, -0.25) is 4.79 Å². The summed E-state index contributed by atoms with van der Waals surface area (Å²) in [5.74, 6) is -2.28. The van der Waals surface area contributed by atoms with Gasteiger partial charge in [-0.1, -0.05) is 39.3 Å². The van der Waals surface area contributed by atoms with Crippen molar-refractivity contribution in [1.29, 1.82) is 0 Å². The summed E-state index contributed by atoms with van der Waals surface area (Å²) < 4.78 is 77.3. The van der Waals surface area contributed by atoms with E-state index in [-0.39, 0.29) is 54.5 Å². The van der Waals surface area contributed by atoms with E-state index in [0.717, 1.165) is 5.57 Å². The molecule has 0 radical (unpaired) electrons. The fourth-order valence-electron chi connectivity index (χ4n) is 17.1. The van der Waals surface area contributed by atoms with Crippen LogP contribution in [0.25, 0.3) is 0 Å². The Hall–Kier alpha value is -1.87. The summed E-state index contributed by atoms with van der Waals surface area (Å²) in [7, 11) is 0. The van der Waals surface area contributed by atoms with Crippen LogP contribution in [0.3, 0.4) is 0 Å². The summed E-state index contributed by atoms with van der Waals surface area (Å²) in [6.07, 6.45) is -44.9. The van der Waals surface area contributed by atoms with Crippen molar-refractivity contribution in [2.45, 2.75) is 269 Å². The highest BCUT2D eigenvalue weighted by Gasteiger charge is 2.71. The second kappa shape index (κ2) is 29.2. The molecule has 19 N–H and O–H groups in total. The molecule has 7 saturated heterocycles. The molecular weight excluding hydrogens is 1260 g/mol. The summed E-state index contributed by atoms with van der Waals surface area (Å²) in [6, 6.07) is 0. The molecule has 33 nitrogen and oxygen atoms in total. The van der Waals surface area contributed by atoms with Crippen LogP contribution in [-0.4, -0.2) is 339 Å². The summed E-state index contributed by atoms with van der Waals surface area (Å²) in [5.41, 5.74) is -0.180. The molecule has 33 heteroatoms. The largest absolute Gasteiger partial charge is 0.394 e. The molecule has 540 valence electrons. The zero-order valence-corrected chi connectivity index (χ0v) is 52.7. The van der Waals surface area contributed by atoms with E-state index >= 15 is 0 Å². The zero-order valence-electron chi connectivity index (χ0n) is 52.7. The number of Topliss-reactive ketones (excluding diaryl/α,β-unsaturated/α-hetero) is 1. The number of allylic oxidation sites excluding steroid dienone is 1. The molecule has 94 heavy (non-hydrogen) atoms. The first-order chi connectivity index (χ1) is 44.5. The quantitative estimate of drug-likeness (QED) is 0.0504. The Morgan fingerprint density at radius 3 is 1.70 bits per heavy atom. The average molecular weight is 1360 g/mol. The third-order valence-electron chi connectivity index (χ3n) is 22.8. The van der Waals surface area contributed by atoms with Gasteiger partial charge in [-0.05, 0) is 67.6 Å². The minimum atomic E-state index is -2.16. The number of ether oxygens (including phenoxy) is 13. The van der Waals surface area contributed by atoms with Gasteiger partial charge >= 0.3 is 0 Å². The Morgan fingerprint density at radius 1 is 0.553 bits per heavy atom. The molecule has 0 amide bonds. The van der Waals surface area contributed by atoms with Crippen molar-refractivity contribution in [2.24, 2.45) is 46.3 Å². The Balaban J connectivity index is 0.748. The molecule has 3 saturated carbocycles. The minimum absolute atomic E-state index is 0.0425. The topological polar surface area (TPSA) is 521 Å². The Labute approximate surface area is 541 Å². The van der Waals surface area contributed by atoms with Crippen molar-refractivity contribution in [2.75, 3.05) is 46.2 Å². The van der Waals surface area contributed by atoms with Crippen molar-refractivity contribution in [3.8, 4) is 0 Å². The van der Waals surface area contributed by atoms with Crippen LogP contribution in [-0.2, 0) is 66.4 Å². The first-order valence-electron chi connectivity index (χ1n) is 32.9. The lowest BCUT2D eigenvalue weighted by atomic mass is 9.46. The minimum Gasteiger partial charge on any atom is -0.394 e. The highest BCUT2D eigenvalue weighted by Crippen LogP contribution is 2.69. The molecule has 0 aromatic rings. The highest BCUT2D eigenvalue weighted by atomic mass is 16.8. The number of hydrogen-bond donors (Lipinski definition) is 19. The molecule has 0 bridgehead atoms. The maximum absolute atomic E-state index is 14.9. The van der Waals surface area contributed by atoms with Crippen molar-refractivity contribution < 1.29 is 163 Å². The summed E-state index contributed by atoms with van der Waals surface area (Å²) in [5, 5.41) is 206. The van der Waals surface area contributed by atoms with Gasteiger partial charge in [0.15, 0.2) is 43.5 Å². The van der Waals surface area contributed by atoms with Crippen LogP contribution in [0.5, 0.6) is 0 Å². The van der Waals surface area contributed by atoms with Gasteiger partial charge in [0, 0.05) is 30.1 Å². The molecular formula is C61H98O33. The van der Waals surface area contributed by atoms with Crippen molar-refractivity contribution in [3.05, 3.63) is 11.6 Å². The molecule has 7 heterocycles. The monoisotopic (exact) mass is 1360 g/mol. The van der Waals surface area contributed by atoms with E-state index in [1.54, 1.807) is 0 Å². The Morgan fingerprint density at radius 2 is 1.07 bits per heavy atom. The molecule has 1 unspecified atom stereocenters. The van der Waals surface area contributed by atoms with Crippen molar-refractivity contribution in [3.63, 3.8) is 0 Å². The summed E-state index contributed by atoms with van der Waals surface area (Å²) in [4.78, 5) is 14.9. The van der Waals surface area contributed by atoms with E-state index in [1.807, 2.05) is 20.8 Å². The van der Waals surface area contributed by atoms with Crippen LogP contribution in [0.1, 0.15) is 79.1 Å². The van der Waals surface area contributed by atoms with Gasteiger partial charge in [0.05, 0.1) is 58.5 Å². The van der Waals surface area contributed by atoms with Gasteiger partial charge in [0.25, 0.3) is 0 Å². The molecule has 0 aromatic carbocycles. The Bertz CT molecular complexity index is 2560. The lowest BCUT2D eigenvalue weighted by molar-refractivity contribution is -0.408. The van der Waals surface area contributed by atoms with Gasteiger partial charge < -0.3 is 159 Å². The number of aliphatic hydroxyl groups excluding tert-OH is 18. The predicted octanol–water partition coefficient (Wildman–Crippen LogP) is -7.93. The number of hydrogen-bond acceptors (Lipinski definition) is 33. The van der Waals surface area contributed by atoms with Gasteiger partial charge in [-0.25, -0.2) is 0 Å². The Kier molecular flexibility index (Phi) is 22.8. The number of carbonyl (C=O) groups is 1. The first kappa shape index (κ1) is 73.4. The van der Waals surface area contributed by atoms with Crippen LogP contribution < -0.4 is 0 Å². The van der Waals surface area contributed by atoms with Crippen LogP contribution in [0.15, 0.2) is 11.6 Å². The van der Waals surface area contributed by atoms with E-state index in [9.17, 15) is 102 Å². The van der Waals surface area contributed by atoms with Crippen LogP contribution in [0, 0.1) is 46.3 Å². The maximum atomic E-state index is 14.9. The van der Waals surface area contributed by atoms with E-state index < -0.39 is 240 Å². The molecule has 11 rings (SSSR count). The summed E-state index contributed by atoms with van der Waals surface area (Å²) >= 11 is 0. The van der Waals surface area contributed by atoms with Crippen LogP contribution in [0.2, 0.25) is 0 Å². The molecule has 0 spiro atoms. The van der Waals surface area contributed by atoms with E-state index in [4.69, 9.17) is 61.6 Å². The second-order valence-electron chi connectivity index (χ2n) is 28.4. The zero-order chi connectivity index (χ0) is 67.9.